The number of aromatic amines is 1. The van der Waals surface area contributed by atoms with Crippen LogP contribution in [0.25, 0.3) is 10.9 Å². The summed E-state index contributed by atoms with van der Waals surface area (Å²) in [6.07, 6.45) is 3.05. The van der Waals surface area contributed by atoms with Crippen LogP contribution in [0, 0.1) is 3.57 Å². The fourth-order valence-corrected chi connectivity index (χ4v) is 2.11. The maximum absolute atomic E-state index is 11.5. The number of hydrogen-bond donors (Lipinski definition) is 1. The van der Waals surface area contributed by atoms with Crippen molar-refractivity contribution < 1.29 is 4.74 Å². The van der Waals surface area contributed by atoms with Gasteiger partial charge in [-0.25, -0.2) is 4.98 Å². The summed E-state index contributed by atoms with van der Waals surface area (Å²) in [5.41, 5.74) is 0.615. The van der Waals surface area contributed by atoms with Gasteiger partial charge >= 0.3 is 0 Å². The Labute approximate surface area is 121 Å². The first-order valence-electron chi connectivity index (χ1n) is 5.50. The molecule has 0 amide bonds. The molecule has 0 spiro atoms. The molecule has 0 bridgehead atoms. The Balaban J connectivity index is 2.11. The normalized spacial score (nSPS) is 10.6. The first kappa shape index (κ1) is 12.1. The van der Waals surface area contributed by atoms with E-state index in [4.69, 9.17) is 4.74 Å². The third-order valence-corrected chi connectivity index (χ3v) is 3.53. The number of hydrogen-bond acceptors (Lipinski definition) is 4. The molecule has 0 atom stereocenters. The van der Waals surface area contributed by atoms with Crippen LogP contribution in [-0.4, -0.2) is 15.0 Å². The highest BCUT2D eigenvalue weighted by molar-refractivity contribution is 14.1. The second-order valence-electron chi connectivity index (χ2n) is 3.78. The molecule has 0 aliphatic heterocycles. The first-order valence-corrected chi connectivity index (χ1v) is 6.58. The molecule has 5 nitrogen and oxygen atoms in total. The average molecular weight is 365 g/mol. The van der Waals surface area contributed by atoms with Gasteiger partial charge in [-0.2, -0.15) is 0 Å². The number of ether oxygens (including phenoxy) is 1. The second-order valence-corrected chi connectivity index (χ2v) is 4.86. The van der Waals surface area contributed by atoms with Crippen molar-refractivity contribution in [3.63, 3.8) is 0 Å². The van der Waals surface area contributed by atoms with E-state index in [2.05, 4.69) is 15.0 Å². The number of H-pyrrole nitrogens is 1. The third-order valence-electron chi connectivity index (χ3n) is 2.58. The highest BCUT2D eigenvalue weighted by Gasteiger charge is 2.09. The van der Waals surface area contributed by atoms with Crippen molar-refractivity contribution in [1.29, 1.82) is 0 Å². The van der Waals surface area contributed by atoms with Crippen molar-refractivity contribution >= 4 is 33.5 Å². The Morgan fingerprint density at radius 3 is 2.95 bits per heavy atom. The van der Waals surface area contributed by atoms with E-state index in [1.54, 1.807) is 6.20 Å². The zero-order chi connectivity index (χ0) is 13.2. The Morgan fingerprint density at radius 2 is 2.05 bits per heavy atom. The van der Waals surface area contributed by atoms with Crippen molar-refractivity contribution in [3.05, 3.63) is 56.8 Å². The zero-order valence-electron chi connectivity index (χ0n) is 9.63. The van der Waals surface area contributed by atoms with Crippen LogP contribution < -0.4 is 10.3 Å². The Hall–Kier alpha value is -1.96. The van der Waals surface area contributed by atoms with Crippen LogP contribution in [0.3, 0.4) is 0 Å². The van der Waals surface area contributed by atoms with Gasteiger partial charge in [-0.05, 0) is 46.9 Å². The summed E-state index contributed by atoms with van der Waals surface area (Å²) < 4.78 is 6.14. The van der Waals surface area contributed by atoms with E-state index >= 15 is 0 Å². The van der Waals surface area contributed by atoms with Gasteiger partial charge in [-0.1, -0.05) is 6.07 Å². The summed E-state index contributed by atoms with van der Waals surface area (Å²) in [6, 6.07) is 9.33. The van der Waals surface area contributed by atoms with Gasteiger partial charge in [-0.3, -0.25) is 9.78 Å². The topological polar surface area (TPSA) is 67.9 Å². The molecule has 1 aromatic carbocycles. The molecule has 3 rings (SSSR count). The molecule has 0 saturated carbocycles. The lowest BCUT2D eigenvalue weighted by molar-refractivity contribution is 0.461. The first-order chi connectivity index (χ1) is 9.25. The number of rotatable bonds is 2. The monoisotopic (exact) mass is 365 g/mol. The van der Waals surface area contributed by atoms with Crippen molar-refractivity contribution in [3.8, 4) is 11.6 Å². The van der Waals surface area contributed by atoms with Gasteiger partial charge in [0.1, 0.15) is 9.32 Å². The summed E-state index contributed by atoms with van der Waals surface area (Å²) in [5, 5.41) is 0.878. The predicted octanol–water partition coefficient (Wildman–Crippen LogP) is 2.72. The third kappa shape index (κ3) is 2.30. The average Bonchev–Trinajstić information content (AvgIpc) is 2.44. The molecular weight excluding hydrogens is 357 g/mol. The zero-order valence-corrected chi connectivity index (χ0v) is 11.8. The Bertz CT molecular complexity index is 796. The molecular formula is C13H8IN3O2. The summed E-state index contributed by atoms with van der Waals surface area (Å²) in [6.45, 7) is 0. The molecule has 0 saturated heterocycles. The van der Waals surface area contributed by atoms with Crippen molar-refractivity contribution in [2.75, 3.05) is 0 Å². The molecule has 0 unspecified atom stereocenters. The minimum Gasteiger partial charge on any atom is -0.437 e. The molecule has 0 aliphatic carbocycles. The molecule has 2 heterocycles. The molecule has 19 heavy (non-hydrogen) atoms. The Kier molecular flexibility index (Phi) is 3.16. The molecule has 6 heteroatoms. The number of nitrogens with zero attached hydrogens (tertiary/aromatic N) is 2. The lowest BCUT2D eigenvalue weighted by Gasteiger charge is -2.08. The quantitative estimate of drug-likeness (QED) is 0.710. The summed E-state index contributed by atoms with van der Waals surface area (Å²) in [4.78, 5) is 22.3. The fourth-order valence-electron chi connectivity index (χ4n) is 1.71. The number of aromatic nitrogens is 3. The standard InChI is InChI=1S/C13H8IN3O2/c14-11-12(18)16-7-17-13(11)19-10-5-1-4-9-8(10)3-2-6-15-9/h1-7H,(H,16,17,18). The van der Waals surface area contributed by atoms with E-state index in [0.717, 1.165) is 10.9 Å². The SMILES string of the molecule is O=c1[nH]cnc(Oc2cccc3ncccc23)c1I. The maximum Gasteiger partial charge on any atom is 0.268 e. The minimum absolute atomic E-state index is 0.219. The van der Waals surface area contributed by atoms with Crippen molar-refractivity contribution in [1.82, 2.24) is 15.0 Å². The predicted molar refractivity (Wildman–Crippen MR) is 79.4 cm³/mol. The van der Waals surface area contributed by atoms with Crippen LogP contribution in [-0.2, 0) is 0 Å². The number of fused-ring (bicyclic) bond motifs is 1. The van der Waals surface area contributed by atoms with Crippen LogP contribution in [0.1, 0.15) is 0 Å². The lowest BCUT2D eigenvalue weighted by Crippen LogP contribution is -2.11. The van der Waals surface area contributed by atoms with Gasteiger partial charge in [0, 0.05) is 11.6 Å². The van der Waals surface area contributed by atoms with Gasteiger partial charge in [-0.15, -0.1) is 0 Å². The van der Waals surface area contributed by atoms with Gasteiger partial charge in [0.2, 0.25) is 5.88 Å². The molecule has 0 aliphatic rings. The van der Waals surface area contributed by atoms with E-state index < -0.39 is 0 Å². The second kappa shape index (κ2) is 4.96. The van der Waals surface area contributed by atoms with E-state index in [9.17, 15) is 4.79 Å². The van der Waals surface area contributed by atoms with Crippen molar-refractivity contribution in [2.45, 2.75) is 0 Å². The molecule has 0 fully saturated rings. The molecule has 1 N–H and O–H groups in total. The smallest absolute Gasteiger partial charge is 0.268 e. The van der Waals surface area contributed by atoms with Gasteiger partial charge in [0.15, 0.2) is 0 Å². The summed E-state index contributed by atoms with van der Waals surface area (Å²) in [5.74, 6) is 0.919. The lowest BCUT2D eigenvalue weighted by atomic mass is 10.2. The maximum atomic E-state index is 11.5. The number of benzene rings is 1. The largest absolute Gasteiger partial charge is 0.437 e. The number of pyridine rings is 1. The highest BCUT2D eigenvalue weighted by Crippen LogP contribution is 2.28. The van der Waals surface area contributed by atoms with Crippen molar-refractivity contribution in [2.24, 2.45) is 0 Å². The molecule has 3 aromatic rings. The number of halogens is 1. The molecule has 94 valence electrons. The van der Waals surface area contributed by atoms with Gasteiger partial charge in [0.25, 0.3) is 5.56 Å². The van der Waals surface area contributed by atoms with Crippen LogP contribution in [0.4, 0.5) is 0 Å². The summed E-state index contributed by atoms with van der Waals surface area (Å²) >= 11 is 1.91. The van der Waals surface area contributed by atoms with Gasteiger partial charge in [0.05, 0.1) is 11.8 Å². The van der Waals surface area contributed by atoms with E-state index in [0.29, 0.717) is 15.2 Å². The van der Waals surface area contributed by atoms with Crippen LogP contribution in [0.2, 0.25) is 0 Å². The van der Waals surface area contributed by atoms with Crippen LogP contribution in [0.5, 0.6) is 11.6 Å². The number of nitrogens with one attached hydrogen (secondary N) is 1. The Morgan fingerprint density at radius 1 is 1.16 bits per heavy atom. The molecule has 0 radical (unpaired) electrons. The fraction of sp³-hybridized carbons (Fsp3) is 0. The summed E-state index contributed by atoms with van der Waals surface area (Å²) in [7, 11) is 0. The van der Waals surface area contributed by atoms with E-state index in [1.807, 2.05) is 52.9 Å². The van der Waals surface area contributed by atoms with E-state index in [-0.39, 0.29) is 5.56 Å². The molecule has 2 aromatic heterocycles. The van der Waals surface area contributed by atoms with Crippen LogP contribution in [0.15, 0.2) is 47.7 Å². The minimum atomic E-state index is -0.219. The van der Waals surface area contributed by atoms with Crippen LogP contribution >= 0.6 is 22.6 Å². The van der Waals surface area contributed by atoms with E-state index in [1.165, 1.54) is 6.33 Å². The van der Waals surface area contributed by atoms with Gasteiger partial charge < -0.3 is 9.72 Å². The highest BCUT2D eigenvalue weighted by atomic mass is 127.